The van der Waals surface area contributed by atoms with Crippen molar-refractivity contribution in [3.63, 3.8) is 0 Å². The van der Waals surface area contributed by atoms with E-state index in [2.05, 4.69) is 5.10 Å². The van der Waals surface area contributed by atoms with E-state index < -0.39 is 40.6 Å². The lowest BCUT2D eigenvalue weighted by molar-refractivity contribution is -0.149. The maximum atomic E-state index is 13.8. The third-order valence-corrected chi connectivity index (χ3v) is 6.10. The summed E-state index contributed by atoms with van der Waals surface area (Å²) in [6.07, 6.45) is 1.13. The summed E-state index contributed by atoms with van der Waals surface area (Å²) in [5.74, 6) is -2.08. The van der Waals surface area contributed by atoms with E-state index in [0.717, 1.165) is 14.8 Å². The summed E-state index contributed by atoms with van der Waals surface area (Å²) in [4.78, 5) is 53.8. The quantitative estimate of drug-likeness (QED) is 0.487. The summed E-state index contributed by atoms with van der Waals surface area (Å²) in [6, 6.07) is 12.4. The van der Waals surface area contributed by atoms with Gasteiger partial charge in [0, 0.05) is 13.1 Å². The molecule has 2 heterocycles. The molecule has 0 N–H and O–H groups in total. The van der Waals surface area contributed by atoms with Gasteiger partial charge < -0.3 is 9.64 Å². The van der Waals surface area contributed by atoms with E-state index in [9.17, 15) is 23.6 Å². The zero-order chi connectivity index (χ0) is 25.8. The highest BCUT2D eigenvalue weighted by atomic mass is 19.1. The minimum Gasteiger partial charge on any atom is -0.466 e. The van der Waals surface area contributed by atoms with Crippen LogP contribution in [-0.4, -0.2) is 50.8 Å². The molecule has 1 saturated heterocycles. The second-order valence-electron chi connectivity index (χ2n) is 8.74. The molecule has 1 aliphatic heterocycles. The molecular formula is C26H27FN4O5. The van der Waals surface area contributed by atoms with Crippen LogP contribution in [0.5, 0.6) is 0 Å². The van der Waals surface area contributed by atoms with E-state index in [4.69, 9.17) is 4.74 Å². The molecule has 9 nitrogen and oxygen atoms in total. The Balaban J connectivity index is 1.78. The van der Waals surface area contributed by atoms with E-state index in [-0.39, 0.29) is 19.7 Å². The lowest BCUT2D eigenvalue weighted by atomic mass is 9.98. The highest BCUT2D eigenvalue weighted by molar-refractivity contribution is 5.92. The minimum absolute atomic E-state index is 0.0896. The smallest absolute Gasteiger partial charge is 0.352 e. The first-order valence-electron chi connectivity index (χ1n) is 11.8. The van der Waals surface area contributed by atoms with E-state index in [1.54, 1.807) is 37.3 Å². The van der Waals surface area contributed by atoms with Crippen LogP contribution in [0.4, 0.5) is 4.39 Å². The second-order valence-corrected chi connectivity index (χ2v) is 8.74. The molecule has 188 valence electrons. The fourth-order valence-electron chi connectivity index (χ4n) is 4.22. The molecule has 0 bridgehead atoms. The van der Waals surface area contributed by atoms with E-state index in [0.29, 0.717) is 30.6 Å². The Morgan fingerprint density at radius 1 is 1.14 bits per heavy atom. The van der Waals surface area contributed by atoms with Crippen molar-refractivity contribution < 1.29 is 18.7 Å². The number of carbonyl (C=O) groups excluding carboxylic acids is 2. The third kappa shape index (κ3) is 5.27. The van der Waals surface area contributed by atoms with Gasteiger partial charge in [-0.15, -0.1) is 0 Å². The molecule has 1 aliphatic rings. The van der Waals surface area contributed by atoms with Crippen molar-refractivity contribution >= 4 is 11.9 Å². The van der Waals surface area contributed by atoms with Gasteiger partial charge in [0.15, 0.2) is 0 Å². The normalized spacial score (nSPS) is 15.5. The molecule has 0 aliphatic carbocycles. The van der Waals surface area contributed by atoms with Gasteiger partial charge >= 0.3 is 11.7 Å². The first kappa shape index (κ1) is 25.0. The van der Waals surface area contributed by atoms with Gasteiger partial charge in [-0.05, 0) is 56.5 Å². The van der Waals surface area contributed by atoms with Gasteiger partial charge in [0.05, 0.1) is 24.8 Å². The number of benzene rings is 2. The topological polar surface area (TPSA) is 104 Å². The number of hydrogen-bond donors (Lipinski definition) is 0. The predicted octanol–water partition coefficient (Wildman–Crippen LogP) is 2.31. The molecule has 36 heavy (non-hydrogen) atoms. The van der Waals surface area contributed by atoms with Crippen molar-refractivity contribution in [2.24, 2.45) is 5.92 Å². The molecule has 0 radical (unpaired) electrons. The molecule has 1 fully saturated rings. The number of hydrogen-bond acceptors (Lipinski definition) is 6. The van der Waals surface area contributed by atoms with Crippen LogP contribution in [-0.2, 0) is 16.1 Å². The number of nitrogens with zero attached hydrogens (tertiary/aromatic N) is 4. The Morgan fingerprint density at radius 2 is 1.89 bits per heavy atom. The van der Waals surface area contributed by atoms with Crippen molar-refractivity contribution in [2.45, 2.75) is 33.2 Å². The van der Waals surface area contributed by atoms with Crippen molar-refractivity contribution in [3.8, 4) is 5.69 Å². The van der Waals surface area contributed by atoms with Crippen LogP contribution in [0, 0.1) is 18.7 Å². The van der Waals surface area contributed by atoms with Crippen LogP contribution in [0.25, 0.3) is 5.69 Å². The molecular weight excluding hydrogens is 467 g/mol. The van der Waals surface area contributed by atoms with Crippen molar-refractivity contribution in [3.05, 3.63) is 92.0 Å². The molecule has 3 aromatic rings. The van der Waals surface area contributed by atoms with Gasteiger partial charge in [-0.3, -0.25) is 19.0 Å². The Labute approximate surface area is 206 Å². The Morgan fingerprint density at radius 3 is 2.58 bits per heavy atom. The first-order valence-corrected chi connectivity index (χ1v) is 11.8. The predicted molar refractivity (Wildman–Crippen MR) is 130 cm³/mol. The van der Waals surface area contributed by atoms with E-state index >= 15 is 0 Å². The monoisotopic (exact) mass is 494 g/mol. The van der Waals surface area contributed by atoms with Crippen LogP contribution in [0.1, 0.15) is 41.4 Å². The molecule has 4 rings (SSSR count). The lowest BCUT2D eigenvalue weighted by Gasteiger charge is -2.31. The van der Waals surface area contributed by atoms with Crippen molar-refractivity contribution in [1.29, 1.82) is 0 Å². The van der Waals surface area contributed by atoms with E-state index in [1.165, 1.54) is 23.1 Å². The van der Waals surface area contributed by atoms with Crippen LogP contribution in [0.2, 0.25) is 0 Å². The lowest BCUT2D eigenvalue weighted by Crippen LogP contribution is -2.49. The molecule has 10 heteroatoms. The number of aryl methyl sites for hydroxylation is 1. The number of halogens is 1. The first-order chi connectivity index (χ1) is 17.3. The number of piperidine rings is 1. The van der Waals surface area contributed by atoms with Gasteiger partial charge in [0.1, 0.15) is 5.82 Å². The molecule has 1 aromatic heterocycles. The number of amides is 1. The summed E-state index contributed by atoms with van der Waals surface area (Å²) in [5.41, 5.74) is -0.375. The van der Waals surface area contributed by atoms with Gasteiger partial charge in [-0.2, -0.15) is 9.78 Å². The van der Waals surface area contributed by atoms with Gasteiger partial charge in [0.25, 0.3) is 11.5 Å². The largest absolute Gasteiger partial charge is 0.466 e. The Kier molecular flexibility index (Phi) is 7.42. The van der Waals surface area contributed by atoms with Crippen LogP contribution < -0.4 is 11.2 Å². The molecule has 0 unspecified atom stereocenters. The summed E-state index contributed by atoms with van der Waals surface area (Å²) in [7, 11) is 0. The van der Waals surface area contributed by atoms with E-state index in [1.807, 2.05) is 6.92 Å². The zero-order valence-corrected chi connectivity index (χ0v) is 20.1. The Bertz CT molecular complexity index is 1400. The number of esters is 1. The number of rotatable bonds is 6. The minimum atomic E-state index is -0.879. The average Bonchev–Trinajstić information content (AvgIpc) is 2.87. The molecule has 0 spiro atoms. The zero-order valence-electron chi connectivity index (χ0n) is 20.1. The number of likely N-dealkylation sites (tertiary alicyclic amines) is 1. The number of aromatic nitrogens is 3. The molecule has 1 atom stereocenters. The molecule has 2 aromatic carbocycles. The fraction of sp³-hybridized carbons (Fsp3) is 0.346. The highest BCUT2D eigenvalue weighted by Crippen LogP contribution is 2.19. The standard InChI is InChI=1S/C26H27FN4O5/c1-3-36-25(34)19-7-5-13-29(16-19)23(32)22-24(33)30(15-18-6-4-8-20(27)14-18)26(35)31(28-22)21-11-9-17(2)10-12-21/h4,6,8-12,14,19H,3,5,7,13,15-16H2,1-2H3/t19-/m0/s1. The Hall–Kier alpha value is -4.08. The summed E-state index contributed by atoms with van der Waals surface area (Å²) >= 11 is 0. The van der Waals surface area contributed by atoms with Crippen molar-refractivity contribution in [2.75, 3.05) is 19.7 Å². The summed E-state index contributed by atoms with van der Waals surface area (Å²) in [6.45, 7) is 4.02. The summed E-state index contributed by atoms with van der Waals surface area (Å²) in [5, 5.41) is 4.16. The van der Waals surface area contributed by atoms with Gasteiger partial charge in [-0.25, -0.2) is 9.18 Å². The highest BCUT2D eigenvalue weighted by Gasteiger charge is 2.32. The SMILES string of the molecule is CCOC(=O)[C@H]1CCCN(C(=O)c2nn(-c3ccc(C)cc3)c(=O)n(Cc3cccc(F)c3)c2=O)C1. The number of carbonyl (C=O) groups is 2. The molecule has 0 saturated carbocycles. The molecule has 1 amide bonds. The second kappa shape index (κ2) is 10.7. The summed E-state index contributed by atoms with van der Waals surface area (Å²) < 4.78 is 20.8. The fourth-order valence-corrected chi connectivity index (χ4v) is 4.22. The van der Waals surface area contributed by atoms with Gasteiger partial charge in [-0.1, -0.05) is 29.8 Å². The average molecular weight is 495 g/mol. The van der Waals surface area contributed by atoms with Crippen molar-refractivity contribution in [1.82, 2.24) is 19.2 Å². The maximum absolute atomic E-state index is 13.8. The third-order valence-electron chi connectivity index (χ3n) is 6.10. The number of ether oxygens (including phenoxy) is 1. The van der Waals surface area contributed by atoms with Crippen LogP contribution in [0.15, 0.2) is 58.1 Å². The van der Waals surface area contributed by atoms with Gasteiger partial charge in [0.2, 0.25) is 5.69 Å². The van der Waals surface area contributed by atoms with Crippen LogP contribution in [0.3, 0.4) is 0 Å². The maximum Gasteiger partial charge on any atom is 0.352 e. The van der Waals surface area contributed by atoms with Crippen LogP contribution >= 0.6 is 0 Å².